The molecule has 2 aliphatic heterocycles. The fraction of sp³-hybridized carbons (Fsp3) is 0.444. The van der Waals surface area contributed by atoms with Crippen molar-refractivity contribution in [2.45, 2.75) is 26.7 Å². The Morgan fingerprint density at radius 3 is 1.60 bits per heavy atom. The van der Waals surface area contributed by atoms with Crippen LogP contribution in [0.25, 0.3) is 0 Å². The second-order valence-corrected chi connectivity index (χ2v) is 5.58. The zero-order valence-corrected chi connectivity index (χ0v) is 12.8. The zero-order valence-electron chi connectivity index (χ0n) is 12.8. The van der Waals surface area contributed by atoms with Gasteiger partial charge in [-0.3, -0.25) is 0 Å². The second-order valence-electron chi connectivity index (χ2n) is 5.58. The van der Waals surface area contributed by atoms with E-state index >= 15 is 0 Å². The summed E-state index contributed by atoms with van der Waals surface area (Å²) in [6, 6.07) is 0. The lowest BCUT2D eigenvalue weighted by Crippen LogP contribution is -2.18. The number of allylic oxidation sites excluding steroid dienone is 4. The lowest BCUT2D eigenvalue weighted by molar-refractivity contribution is -0.468. The van der Waals surface area contributed by atoms with Crippen LogP contribution in [-0.4, -0.2) is 33.7 Å². The Labute approximate surface area is 122 Å². The Bertz CT molecular complexity index is 470. The van der Waals surface area contributed by atoms with Gasteiger partial charge in [0.15, 0.2) is 23.8 Å². The summed E-state index contributed by atoms with van der Waals surface area (Å²) in [7, 11) is 0. The van der Waals surface area contributed by atoms with Crippen LogP contribution in [0.4, 0.5) is 0 Å². The highest BCUT2D eigenvalue weighted by molar-refractivity contribution is 5.85. The van der Waals surface area contributed by atoms with Gasteiger partial charge < -0.3 is 0 Å². The maximum atomic E-state index is 3.88. The van der Waals surface area contributed by atoms with E-state index in [0.29, 0.717) is 11.8 Å². The van der Waals surface area contributed by atoms with Gasteiger partial charge in [-0.2, -0.15) is 0 Å². The van der Waals surface area contributed by atoms with Gasteiger partial charge in [0.1, 0.15) is 13.1 Å². The SMILES string of the molecule is C=CC1C=C[N+](CCCC[N+]2=C(C)C(C=C)C=C2)=C1C. The molecule has 0 aliphatic carbocycles. The van der Waals surface area contributed by atoms with Crippen molar-refractivity contribution in [3.63, 3.8) is 0 Å². The summed E-state index contributed by atoms with van der Waals surface area (Å²) in [6.07, 6.45) is 15.3. The molecule has 0 aromatic carbocycles. The van der Waals surface area contributed by atoms with E-state index in [1.54, 1.807) is 0 Å². The molecule has 2 aliphatic rings. The van der Waals surface area contributed by atoms with Crippen LogP contribution >= 0.6 is 0 Å². The maximum absolute atomic E-state index is 3.88. The van der Waals surface area contributed by atoms with Crippen molar-refractivity contribution in [2.75, 3.05) is 13.1 Å². The molecule has 20 heavy (non-hydrogen) atoms. The lowest BCUT2D eigenvalue weighted by atomic mass is 10.1. The van der Waals surface area contributed by atoms with Gasteiger partial charge in [0, 0.05) is 26.7 Å². The third kappa shape index (κ3) is 3.06. The molecule has 0 aromatic rings. The molecule has 0 saturated heterocycles. The molecule has 0 spiro atoms. The van der Waals surface area contributed by atoms with E-state index in [4.69, 9.17) is 0 Å². The molecule has 0 radical (unpaired) electrons. The Balaban J connectivity index is 1.78. The Morgan fingerprint density at radius 2 is 1.30 bits per heavy atom. The average molecular weight is 270 g/mol. The fourth-order valence-electron chi connectivity index (χ4n) is 2.85. The number of rotatable bonds is 7. The molecule has 0 fully saturated rings. The largest absolute Gasteiger partial charge is 0.206 e. The third-order valence-corrected chi connectivity index (χ3v) is 4.37. The van der Waals surface area contributed by atoms with Crippen LogP contribution in [0.15, 0.2) is 49.9 Å². The number of hydrogen-bond donors (Lipinski definition) is 0. The quantitative estimate of drug-likeness (QED) is 0.380. The predicted molar refractivity (Wildman–Crippen MR) is 86.5 cm³/mol. The van der Waals surface area contributed by atoms with Crippen molar-refractivity contribution in [1.82, 2.24) is 0 Å². The van der Waals surface area contributed by atoms with Gasteiger partial charge in [-0.05, 0) is 12.2 Å². The maximum Gasteiger partial charge on any atom is 0.165 e. The van der Waals surface area contributed by atoms with Crippen LogP contribution in [0.3, 0.4) is 0 Å². The van der Waals surface area contributed by atoms with Crippen molar-refractivity contribution in [1.29, 1.82) is 0 Å². The van der Waals surface area contributed by atoms with E-state index < -0.39 is 0 Å². The van der Waals surface area contributed by atoms with Crippen LogP contribution in [0.5, 0.6) is 0 Å². The van der Waals surface area contributed by atoms with Crippen molar-refractivity contribution >= 4 is 11.4 Å². The Hall–Kier alpha value is -1.70. The summed E-state index contributed by atoms with van der Waals surface area (Å²) in [4.78, 5) is 0. The van der Waals surface area contributed by atoms with Crippen molar-refractivity contribution in [3.05, 3.63) is 49.9 Å². The monoisotopic (exact) mass is 270 g/mol. The molecule has 2 rings (SSSR count). The first-order valence-electron chi connectivity index (χ1n) is 7.49. The first-order chi connectivity index (χ1) is 9.67. The van der Waals surface area contributed by atoms with E-state index in [2.05, 4.69) is 60.7 Å². The van der Waals surface area contributed by atoms with E-state index in [1.165, 1.54) is 24.3 Å². The van der Waals surface area contributed by atoms with E-state index in [9.17, 15) is 0 Å². The van der Waals surface area contributed by atoms with Gasteiger partial charge in [0.2, 0.25) is 0 Å². The van der Waals surface area contributed by atoms with Crippen LogP contribution in [-0.2, 0) is 0 Å². The molecule has 2 heterocycles. The molecule has 0 aromatic heterocycles. The van der Waals surface area contributed by atoms with E-state index in [1.807, 2.05) is 12.2 Å². The molecule has 2 atom stereocenters. The average Bonchev–Trinajstić information content (AvgIpc) is 2.99. The topological polar surface area (TPSA) is 6.02 Å². The molecular weight excluding hydrogens is 244 g/mol. The van der Waals surface area contributed by atoms with E-state index in [0.717, 1.165) is 13.1 Å². The lowest BCUT2D eigenvalue weighted by Gasteiger charge is -2.02. The first kappa shape index (κ1) is 14.7. The fourth-order valence-corrected chi connectivity index (χ4v) is 2.85. The number of nitrogens with zero attached hydrogens (tertiary/aromatic N) is 2. The van der Waals surface area contributed by atoms with Crippen LogP contribution in [0.2, 0.25) is 0 Å². The Kier molecular flexibility index (Phi) is 4.89. The molecule has 0 bridgehead atoms. The number of unbranched alkanes of at least 4 members (excludes halogenated alkanes) is 1. The van der Waals surface area contributed by atoms with Crippen LogP contribution in [0, 0.1) is 11.8 Å². The molecular formula is C18H26N2+2. The molecule has 0 saturated carbocycles. The minimum atomic E-state index is 0.431. The van der Waals surface area contributed by atoms with Crippen LogP contribution in [0.1, 0.15) is 26.7 Å². The molecule has 2 unspecified atom stereocenters. The standard InChI is InChI=1S/C18H26N2/c1-5-17-9-13-19(15(17)3)11-7-8-12-20-14-10-18(6-2)16(20)4/h5-6,9-10,13-14,17-18H,1-2,7-8,11-12H2,3-4H3/q+2. The Morgan fingerprint density at radius 1 is 0.900 bits per heavy atom. The van der Waals surface area contributed by atoms with Gasteiger partial charge >= 0.3 is 0 Å². The summed E-state index contributed by atoms with van der Waals surface area (Å²) >= 11 is 0. The summed E-state index contributed by atoms with van der Waals surface area (Å²) in [5.41, 5.74) is 2.80. The van der Waals surface area contributed by atoms with E-state index in [-0.39, 0.29) is 0 Å². The molecule has 106 valence electrons. The smallest absolute Gasteiger partial charge is 0.165 e. The zero-order chi connectivity index (χ0) is 14.5. The van der Waals surface area contributed by atoms with Crippen molar-refractivity contribution < 1.29 is 9.15 Å². The van der Waals surface area contributed by atoms with Gasteiger partial charge in [0.25, 0.3) is 0 Å². The highest BCUT2D eigenvalue weighted by Gasteiger charge is 2.23. The van der Waals surface area contributed by atoms with Gasteiger partial charge in [-0.1, -0.05) is 12.2 Å². The second kappa shape index (κ2) is 6.65. The minimum absolute atomic E-state index is 0.431. The van der Waals surface area contributed by atoms with Gasteiger partial charge in [-0.25, -0.2) is 9.15 Å². The molecule has 2 nitrogen and oxygen atoms in total. The van der Waals surface area contributed by atoms with Crippen LogP contribution < -0.4 is 0 Å². The highest BCUT2D eigenvalue weighted by atomic mass is 15.0. The summed E-state index contributed by atoms with van der Waals surface area (Å²) in [5, 5.41) is 0. The minimum Gasteiger partial charge on any atom is -0.206 e. The van der Waals surface area contributed by atoms with Crippen molar-refractivity contribution in [3.8, 4) is 0 Å². The predicted octanol–water partition coefficient (Wildman–Crippen LogP) is 3.37. The normalized spacial score (nSPS) is 24.9. The molecule has 0 amide bonds. The van der Waals surface area contributed by atoms with Crippen molar-refractivity contribution in [2.24, 2.45) is 11.8 Å². The van der Waals surface area contributed by atoms with Gasteiger partial charge in [-0.15, -0.1) is 13.2 Å². The summed E-state index contributed by atoms with van der Waals surface area (Å²) in [6.45, 7) is 14.4. The summed E-state index contributed by atoms with van der Waals surface area (Å²) in [5.74, 6) is 0.862. The third-order valence-electron chi connectivity index (χ3n) is 4.37. The summed E-state index contributed by atoms with van der Waals surface area (Å²) < 4.78 is 4.71. The first-order valence-corrected chi connectivity index (χ1v) is 7.49. The van der Waals surface area contributed by atoms with Gasteiger partial charge in [0.05, 0.1) is 11.8 Å². The highest BCUT2D eigenvalue weighted by Crippen LogP contribution is 2.13. The molecule has 0 N–H and O–H groups in total. The number of hydrogen-bond acceptors (Lipinski definition) is 0. The molecule has 2 heteroatoms.